The predicted molar refractivity (Wildman–Crippen MR) is 106 cm³/mol. The molecule has 126 valence electrons. The molecule has 0 N–H and O–H groups in total. The summed E-state index contributed by atoms with van der Waals surface area (Å²) in [6.45, 7) is 1.11. The first kappa shape index (κ1) is 16.4. The Morgan fingerprint density at radius 3 is 2.28 bits per heavy atom. The first-order chi connectivity index (χ1) is 12.0. The normalized spacial score (nSPS) is 13.2. The van der Waals surface area contributed by atoms with Crippen molar-refractivity contribution in [1.82, 2.24) is 0 Å². The lowest BCUT2D eigenvalue weighted by Gasteiger charge is -2.24. The molecule has 0 radical (unpaired) electrons. The van der Waals surface area contributed by atoms with E-state index in [1.165, 1.54) is 15.8 Å². The van der Waals surface area contributed by atoms with Crippen LogP contribution in [0.3, 0.4) is 0 Å². The highest BCUT2D eigenvalue weighted by molar-refractivity contribution is 7.99. The molecule has 4 rings (SSSR count). The number of rotatable bonds is 4. The van der Waals surface area contributed by atoms with E-state index in [-0.39, 0.29) is 5.78 Å². The molecule has 0 bridgehead atoms. The molecule has 0 aromatic heterocycles. The molecule has 2 nitrogen and oxygen atoms in total. The standard InChI is InChI=1S/C22H22NOS/c1-23(2,3)13-14-25-20-12-11-16-15-7-4-5-8-17(15)22(24)19-10-6-9-18(20)21(16)19/h4-12H,13-14H2,1-3H3/q+1. The average molecular weight is 348 g/mol. The molecule has 0 saturated carbocycles. The molecule has 0 aliphatic heterocycles. The summed E-state index contributed by atoms with van der Waals surface area (Å²) in [5.74, 6) is 1.20. The van der Waals surface area contributed by atoms with Gasteiger partial charge >= 0.3 is 0 Å². The highest BCUT2D eigenvalue weighted by Gasteiger charge is 2.25. The molecule has 3 aromatic carbocycles. The summed E-state index contributed by atoms with van der Waals surface area (Å²) < 4.78 is 0.958. The Hall–Kier alpha value is -2.10. The van der Waals surface area contributed by atoms with Crippen LogP contribution >= 0.6 is 11.8 Å². The summed E-state index contributed by atoms with van der Waals surface area (Å²) in [4.78, 5) is 14.2. The summed E-state index contributed by atoms with van der Waals surface area (Å²) in [5, 5.41) is 2.31. The first-order valence-corrected chi connectivity index (χ1v) is 9.57. The van der Waals surface area contributed by atoms with Gasteiger partial charge in [0.2, 0.25) is 0 Å². The second-order valence-corrected chi connectivity index (χ2v) is 8.71. The number of carbonyl (C=O) groups is 1. The van der Waals surface area contributed by atoms with E-state index < -0.39 is 0 Å². The van der Waals surface area contributed by atoms with E-state index in [1.807, 2.05) is 42.1 Å². The molecule has 0 unspecified atom stereocenters. The summed E-state index contributed by atoms with van der Waals surface area (Å²) in [6.07, 6.45) is 0. The van der Waals surface area contributed by atoms with Crippen LogP contribution in [0.5, 0.6) is 0 Å². The Morgan fingerprint density at radius 2 is 1.52 bits per heavy atom. The SMILES string of the molecule is C[N+](C)(C)CCSc1ccc2c3c(cccc13)C(=O)c1ccccc1-2. The van der Waals surface area contributed by atoms with E-state index in [9.17, 15) is 4.79 Å². The van der Waals surface area contributed by atoms with Gasteiger partial charge in [-0.05, 0) is 22.6 Å². The van der Waals surface area contributed by atoms with Gasteiger partial charge < -0.3 is 4.48 Å². The van der Waals surface area contributed by atoms with Crippen LogP contribution in [0.15, 0.2) is 59.5 Å². The van der Waals surface area contributed by atoms with Crippen LogP contribution in [0.2, 0.25) is 0 Å². The van der Waals surface area contributed by atoms with Gasteiger partial charge in [0.15, 0.2) is 5.78 Å². The molecule has 0 atom stereocenters. The van der Waals surface area contributed by atoms with Crippen LogP contribution in [0.4, 0.5) is 0 Å². The van der Waals surface area contributed by atoms with Crippen molar-refractivity contribution in [2.45, 2.75) is 4.90 Å². The lowest BCUT2D eigenvalue weighted by molar-refractivity contribution is -0.867. The molecule has 0 spiro atoms. The maximum atomic E-state index is 12.9. The molecule has 0 fully saturated rings. The third-order valence-corrected chi connectivity index (χ3v) is 5.78. The van der Waals surface area contributed by atoms with Gasteiger partial charge in [0.05, 0.1) is 27.7 Å². The Morgan fingerprint density at radius 1 is 0.800 bits per heavy atom. The zero-order chi connectivity index (χ0) is 17.6. The van der Waals surface area contributed by atoms with Gasteiger partial charge in [-0.3, -0.25) is 4.79 Å². The summed E-state index contributed by atoms with van der Waals surface area (Å²) >= 11 is 1.88. The number of carbonyl (C=O) groups excluding carboxylic acids is 1. The Labute approximate surface area is 153 Å². The van der Waals surface area contributed by atoms with Gasteiger partial charge in [0, 0.05) is 27.2 Å². The molecule has 0 saturated heterocycles. The van der Waals surface area contributed by atoms with Crippen molar-refractivity contribution >= 4 is 28.3 Å². The topological polar surface area (TPSA) is 17.1 Å². The van der Waals surface area contributed by atoms with Gasteiger partial charge in [-0.2, -0.15) is 0 Å². The van der Waals surface area contributed by atoms with E-state index in [2.05, 4.69) is 45.4 Å². The smallest absolute Gasteiger partial charge is 0.194 e. The highest BCUT2D eigenvalue weighted by Crippen LogP contribution is 2.42. The van der Waals surface area contributed by atoms with Crippen LogP contribution in [-0.4, -0.2) is 43.7 Å². The van der Waals surface area contributed by atoms with Crippen LogP contribution in [-0.2, 0) is 0 Å². The minimum Gasteiger partial charge on any atom is -0.330 e. The summed E-state index contributed by atoms with van der Waals surface area (Å²) in [6, 6.07) is 18.5. The second-order valence-electron chi connectivity index (χ2n) is 7.58. The Balaban J connectivity index is 1.84. The minimum absolute atomic E-state index is 0.141. The lowest BCUT2D eigenvalue weighted by Crippen LogP contribution is -2.36. The summed E-state index contributed by atoms with van der Waals surface area (Å²) in [5.41, 5.74) is 3.88. The maximum absolute atomic E-state index is 12.9. The van der Waals surface area contributed by atoms with Crippen molar-refractivity contribution in [3.8, 4) is 11.1 Å². The zero-order valence-electron chi connectivity index (χ0n) is 14.9. The van der Waals surface area contributed by atoms with Crippen molar-refractivity contribution in [2.75, 3.05) is 33.4 Å². The number of ketones is 1. The molecule has 25 heavy (non-hydrogen) atoms. The van der Waals surface area contributed by atoms with E-state index >= 15 is 0 Å². The molecular formula is C22H22NOS+. The fraction of sp³-hybridized carbons (Fsp3) is 0.227. The number of quaternary nitrogens is 1. The van der Waals surface area contributed by atoms with E-state index in [0.717, 1.165) is 38.9 Å². The monoisotopic (exact) mass is 348 g/mol. The largest absolute Gasteiger partial charge is 0.330 e. The fourth-order valence-corrected chi connectivity index (χ4v) is 4.76. The third kappa shape index (κ3) is 2.88. The van der Waals surface area contributed by atoms with Gasteiger partial charge in [0.25, 0.3) is 0 Å². The predicted octanol–water partition coefficient (Wildman–Crippen LogP) is 4.85. The van der Waals surface area contributed by atoms with Crippen molar-refractivity contribution in [3.63, 3.8) is 0 Å². The fourth-order valence-electron chi connectivity index (χ4n) is 3.41. The van der Waals surface area contributed by atoms with E-state index in [1.54, 1.807) is 0 Å². The van der Waals surface area contributed by atoms with Crippen LogP contribution < -0.4 is 0 Å². The number of hydrogen-bond acceptors (Lipinski definition) is 2. The summed E-state index contributed by atoms with van der Waals surface area (Å²) in [7, 11) is 6.65. The zero-order valence-corrected chi connectivity index (χ0v) is 15.7. The highest BCUT2D eigenvalue weighted by atomic mass is 32.2. The number of nitrogens with zero attached hydrogens (tertiary/aromatic N) is 1. The average Bonchev–Trinajstić information content (AvgIpc) is 2.59. The van der Waals surface area contributed by atoms with Crippen LogP contribution in [0.1, 0.15) is 15.9 Å². The molecule has 3 aromatic rings. The first-order valence-electron chi connectivity index (χ1n) is 8.59. The number of benzene rings is 3. The third-order valence-electron chi connectivity index (χ3n) is 4.73. The van der Waals surface area contributed by atoms with Crippen LogP contribution in [0.25, 0.3) is 21.9 Å². The van der Waals surface area contributed by atoms with Crippen molar-refractivity contribution in [3.05, 3.63) is 65.7 Å². The Kier molecular flexibility index (Phi) is 3.94. The molecule has 1 aliphatic carbocycles. The molecular weight excluding hydrogens is 326 g/mol. The van der Waals surface area contributed by atoms with Gasteiger partial charge in [0.1, 0.15) is 0 Å². The van der Waals surface area contributed by atoms with E-state index in [0.29, 0.717) is 0 Å². The van der Waals surface area contributed by atoms with Crippen LogP contribution in [0, 0.1) is 0 Å². The maximum Gasteiger partial charge on any atom is 0.194 e. The number of fused-ring (bicyclic) bond motifs is 2. The van der Waals surface area contributed by atoms with Crippen molar-refractivity contribution in [1.29, 1.82) is 0 Å². The molecule has 0 amide bonds. The van der Waals surface area contributed by atoms with Gasteiger partial charge in [-0.1, -0.05) is 48.5 Å². The second kappa shape index (κ2) is 6.01. The molecule has 1 aliphatic rings. The van der Waals surface area contributed by atoms with Gasteiger partial charge in [-0.15, -0.1) is 11.8 Å². The van der Waals surface area contributed by atoms with Gasteiger partial charge in [-0.25, -0.2) is 0 Å². The Bertz CT molecular complexity index is 985. The lowest BCUT2D eigenvalue weighted by atomic mass is 9.83. The minimum atomic E-state index is 0.141. The molecule has 0 heterocycles. The van der Waals surface area contributed by atoms with E-state index in [4.69, 9.17) is 0 Å². The van der Waals surface area contributed by atoms with Crippen molar-refractivity contribution < 1.29 is 9.28 Å². The number of thioether (sulfide) groups is 1. The quantitative estimate of drug-likeness (QED) is 0.387. The van der Waals surface area contributed by atoms with Crippen molar-refractivity contribution in [2.24, 2.45) is 0 Å². The molecule has 3 heteroatoms. The number of hydrogen-bond donors (Lipinski definition) is 0.